The maximum atomic E-state index is 12.2. The Kier molecular flexibility index (Phi) is 6.23. The lowest BCUT2D eigenvalue weighted by atomic mass is 9.90. The summed E-state index contributed by atoms with van der Waals surface area (Å²) in [6, 6.07) is 4.24. The van der Waals surface area contributed by atoms with Gasteiger partial charge in [-0.2, -0.15) is 0 Å². The molecular formula is C14H14Cl3NO4. The molecule has 2 atom stereocenters. The standard InChI is InChI=1S/C14H14Cl3NO4/c1-3-14(2,11(19)10(17)13(21)22)18-12(20)7-4-8(15)6-9(16)5-7/h4-6,10H,3H2,1-2H3,(H,18,20)(H,21,22). The highest BCUT2D eigenvalue weighted by Crippen LogP contribution is 2.21. The van der Waals surface area contributed by atoms with E-state index in [1.165, 1.54) is 25.1 Å². The second-order valence-corrected chi connectivity index (χ2v) is 6.17. The van der Waals surface area contributed by atoms with Gasteiger partial charge in [0.05, 0.1) is 5.54 Å². The fourth-order valence-electron chi connectivity index (χ4n) is 1.72. The summed E-state index contributed by atoms with van der Waals surface area (Å²) in [5.74, 6) is -2.87. The van der Waals surface area contributed by atoms with Crippen molar-refractivity contribution >= 4 is 52.5 Å². The molecule has 0 radical (unpaired) electrons. The normalized spacial score (nSPS) is 14.8. The highest BCUT2D eigenvalue weighted by molar-refractivity contribution is 6.42. The molecule has 0 bridgehead atoms. The quantitative estimate of drug-likeness (QED) is 0.598. The number of alkyl halides is 1. The molecule has 0 aliphatic rings. The number of carbonyl (C=O) groups is 3. The monoisotopic (exact) mass is 365 g/mol. The lowest BCUT2D eigenvalue weighted by Gasteiger charge is -2.29. The summed E-state index contributed by atoms with van der Waals surface area (Å²) in [6.07, 6.45) is 0.169. The van der Waals surface area contributed by atoms with E-state index in [-0.39, 0.29) is 22.0 Å². The number of ketones is 1. The van der Waals surface area contributed by atoms with Gasteiger partial charge >= 0.3 is 5.97 Å². The molecule has 0 aliphatic carbocycles. The van der Waals surface area contributed by atoms with Crippen LogP contribution >= 0.6 is 34.8 Å². The van der Waals surface area contributed by atoms with Crippen LogP contribution in [0.2, 0.25) is 10.0 Å². The summed E-state index contributed by atoms with van der Waals surface area (Å²) in [6.45, 7) is 3.05. The van der Waals surface area contributed by atoms with Gasteiger partial charge in [-0.15, -0.1) is 11.6 Å². The molecule has 2 unspecified atom stereocenters. The first-order chi connectivity index (χ1) is 10.1. The van der Waals surface area contributed by atoms with Crippen LogP contribution in [0, 0.1) is 0 Å². The van der Waals surface area contributed by atoms with E-state index < -0.39 is 28.6 Å². The highest BCUT2D eigenvalue weighted by Gasteiger charge is 2.40. The van der Waals surface area contributed by atoms with Crippen LogP contribution in [-0.2, 0) is 9.59 Å². The van der Waals surface area contributed by atoms with Gasteiger partial charge in [0.15, 0.2) is 11.2 Å². The average Bonchev–Trinajstić information content (AvgIpc) is 2.44. The van der Waals surface area contributed by atoms with Crippen molar-refractivity contribution in [3.8, 4) is 0 Å². The van der Waals surface area contributed by atoms with Crippen molar-refractivity contribution in [1.82, 2.24) is 5.32 Å². The molecule has 0 fully saturated rings. The number of aliphatic carboxylic acids is 1. The minimum Gasteiger partial charge on any atom is -0.480 e. The lowest BCUT2D eigenvalue weighted by molar-refractivity contribution is -0.141. The minimum absolute atomic E-state index is 0.159. The number of amides is 1. The number of nitrogens with one attached hydrogen (secondary N) is 1. The Morgan fingerprint density at radius 3 is 2.14 bits per heavy atom. The van der Waals surface area contributed by atoms with Crippen LogP contribution in [0.4, 0.5) is 0 Å². The first-order valence-electron chi connectivity index (χ1n) is 6.30. The van der Waals surface area contributed by atoms with E-state index in [4.69, 9.17) is 39.9 Å². The number of Topliss-reactive ketones (excluding diaryl/α,β-unsaturated/α-hetero) is 1. The number of carboxylic acids is 1. The van der Waals surface area contributed by atoms with Gasteiger partial charge < -0.3 is 10.4 Å². The molecule has 120 valence electrons. The van der Waals surface area contributed by atoms with E-state index >= 15 is 0 Å². The highest BCUT2D eigenvalue weighted by atomic mass is 35.5. The second-order valence-electron chi connectivity index (χ2n) is 4.86. The number of carboxylic acid groups (broad SMARTS) is 1. The van der Waals surface area contributed by atoms with E-state index in [1.54, 1.807) is 6.92 Å². The van der Waals surface area contributed by atoms with Crippen LogP contribution < -0.4 is 5.32 Å². The summed E-state index contributed by atoms with van der Waals surface area (Å²) in [7, 11) is 0. The van der Waals surface area contributed by atoms with Crippen molar-refractivity contribution in [3.05, 3.63) is 33.8 Å². The molecule has 1 aromatic rings. The lowest BCUT2D eigenvalue weighted by Crippen LogP contribution is -2.55. The second kappa shape index (κ2) is 7.31. The molecule has 22 heavy (non-hydrogen) atoms. The number of benzene rings is 1. The zero-order valence-electron chi connectivity index (χ0n) is 11.8. The Hall–Kier alpha value is -1.30. The molecule has 1 amide bonds. The van der Waals surface area contributed by atoms with Gasteiger partial charge in [-0.3, -0.25) is 14.4 Å². The Balaban J connectivity index is 3.04. The van der Waals surface area contributed by atoms with Crippen molar-refractivity contribution in [1.29, 1.82) is 0 Å². The van der Waals surface area contributed by atoms with E-state index in [2.05, 4.69) is 5.32 Å². The molecule has 0 saturated carbocycles. The molecule has 0 saturated heterocycles. The topological polar surface area (TPSA) is 83.5 Å². The van der Waals surface area contributed by atoms with Gasteiger partial charge in [-0.1, -0.05) is 30.1 Å². The van der Waals surface area contributed by atoms with Crippen LogP contribution in [0.3, 0.4) is 0 Å². The zero-order valence-corrected chi connectivity index (χ0v) is 14.1. The molecule has 0 aromatic heterocycles. The summed E-state index contributed by atoms with van der Waals surface area (Å²) in [4.78, 5) is 35.3. The average molecular weight is 367 g/mol. The van der Waals surface area contributed by atoms with E-state index in [0.29, 0.717) is 0 Å². The van der Waals surface area contributed by atoms with Gasteiger partial charge in [0.1, 0.15) is 0 Å². The van der Waals surface area contributed by atoms with Gasteiger partial charge in [0, 0.05) is 15.6 Å². The van der Waals surface area contributed by atoms with Gasteiger partial charge in [0.25, 0.3) is 5.91 Å². The third kappa shape index (κ3) is 4.35. The Morgan fingerprint density at radius 2 is 1.73 bits per heavy atom. The Morgan fingerprint density at radius 1 is 1.23 bits per heavy atom. The van der Waals surface area contributed by atoms with Crippen LogP contribution in [0.5, 0.6) is 0 Å². The third-order valence-electron chi connectivity index (χ3n) is 3.21. The molecule has 5 nitrogen and oxygen atoms in total. The third-order valence-corrected chi connectivity index (χ3v) is 4.03. The van der Waals surface area contributed by atoms with E-state index in [1.807, 2.05) is 0 Å². The molecule has 1 aromatic carbocycles. The predicted molar refractivity (Wildman–Crippen MR) is 84.9 cm³/mol. The number of halogens is 3. The van der Waals surface area contributed by atoms with Crippen molar-refractivity contribution < 1.29 is 19.5 Å². The SMILES string of the molecule is CCC(C)(NC(=O)c1cc(Cl)cc(Cl)c1)C(=O)C(Cl)C(=O)O. The van der Waals surface area contributed by atoms with Gasteiger partial charge in [0.2, 0.25) is 0 Å². The van der Waals surface area contributed by atoms with Gasteiger partial charge in [-0.05, 0) is 31.5 Å². The van der Waals surface area contributed by atoms with Crippen LogP contribution in [0.25, 0.3) is 0 Å². The molecule has 1 rings (SSSR count). The smallest absolute Gasteiger partial charge is 0.329 e. The Labute approximate surface area is 142 Å². The van der Waals surface area contributed by atoms with Crippen molar-refractivity contribution in [2.24, 2.45) is 0 Å². The summed E-state index contributed by atoms with van der Waals surface area (Å²) >= 11 is 17.2. The van der Waals surface area contributed by atoms with E-state index in [9.17, 15) is 14.4 Å². The number of rotatable bonds is 6. The van der Waals surface area contributed by atoms with Crippen molar-refractivity contribution in [2.75, 3.05) is 0 Å². The zero-order chi connectivity index (χ0) is 17.1. The summed E-state index contributed by atoms with van der Waals surface area (Å²) in [5.41, 5.74) is -1.26. The summed E-state index contributed by atoms with van der Waals surface area (Å²) < 4.78 is 0. The van der Waals surface area contributed by atoms with Crippen LogP contribution in [0.1, 0.15) is 30.6 Å². The first-order valence-corrected chi connectivity index (χ1v) is 7.49. The molecule has 0 aliphatic heterocycles. The number of hydrogen-bond acceptors (Lipinski definition) is 3. The van der Waals surface area contributed by atoms with Crippen LogP contribution in [-0.4, -0.2) is 33.7 Å². The number of carbonyl (C=O) groups excluding carboxylic acids is 2. The predicted octanol–water partition coefficient (Wildman–Crippen LogP) is 3.15. The van der Waals surface area contributed by atoms with Gasteiger partial charge in [-0.25, -0.2) is 0 Å². The largest absolute Gasteiger partial charge is 0.480 e. The Bertz CT molecular complexity index is 600. The van der Waals surface area contributed by atoms with Crippen molar-refractivity contribution in [3.63, 3.8) is 0 Å². The first kappa shape index (κ1) is 18.7. The molecule has 8 heteroatoms. The minimum atomic E-state index is -1.74. The fourth-order valence-corrected chi connectivity index (χ4v) is 2.49. The molecule has 2 N–H and O–H groups in total. The summed E-state index contributed by atoms with van der Waals surface area (Å²) in [5, 5.41) is 10.1. The number of hydrogen-bond donors (Lipinski definition) is 2. The fraction of sp³-hybridized carbons (Fsp3) is 0.357. The van der Waals surface area contributed by atoms with Crippen molar-refractivity contribution in [2.45, 2.75) is 31.2 Å². The van der Waals surface area contributed by atoms with Crippen LogP contribution in [0.15, 0.2) is 18.2 Å². The maximum absolute atomic E-state index is 12.2. The molecular weight excluding hydrogens is 353 g/mol. The molecule has 0 heterocycles. The maximum Gasteiger partial charge on any atom is 0.329 e. The van der Waals surface area contributed by atoms with E-state index in [0.717, 1.165) is 0 Å². The molecule has 0 spiro atoms.